The molecule has 1 aromatic rings. The van der Waals surface area contributed by atoms with Gasteiger partial charge in [0.1, 0.15) is 5.69 Å². The van der Waals surface area contributed by atoms with E-state index in [0.29, 0.717) is 5.69 Å². The molecule has 1 N–H and O–H groups in total. The fourth-order valence-electron chi connectivity index (χ4n) is 2.73. The van der Waals surface area contributed by atoms with E-state index in [1.165, 1.54) is 32.1 Å². The molecule has 1 heterocycles. The molecule has 0 unspecified atom stereocenters. The molecule has 1 saturated carbocycles. The maximum atomic E-state index is 12.2. The van der Waals surface area contributed by atoms with Crippen LogP contribution in [0.1, 0.15) is 42.6 Å². The average molecular weight is 345 g/mol. The molecule has 1 amide bonds. The standard InChI is InChI=1S/C14H21BrN2OS/c1-17-9-11(15)8-12(17)13(18)16-10-14(19-2)6-4-3-5-7-14/h8-9H,3-7,10H2,1-2H3,(H,16,18). The van der Waals surface area contributed by atoms with Crippen LogP contribution in [0, 0.1) is 0 Å². The molecule has 3 nitrogen and oxygen atoms in total. The number of nitrogens with one attached hydrogen (secondary N) is 1. The first-order valence-corrected chi connectivity index (χ1v) is 8.73. The smallest absolute Gasteiger partial charge is 0.267 e. The molecule has 2 rings (SSSR count). The highest BCUT2D eigenvalue weighted by Crippen LogP contribution is 2.38. The Morgan fingerprint density at radius 1 is 1.47 bits per heavy atom. The van der Waals surface area contributed by atoms with Crippen LogP contribution < -0.4 is 5.32 Å². The highest BCUT2D eigenvalue weighted by atomic mass is 79.9. The molecule has 0 saturated heterocycles. The van der Waals surface area contributed by atoms with Crippen molar-refractivity contribution in [1.82, 2.24) is 9.88 Å². The minimum atomic E-state index is 0.0206. The number of carbonyl (C=O) groups excluding carboxylic acids is 1. The summed E-state index contributed by atoms with van der Waals surface area (Å²) in [6.07, 6.45) is 10.4. The zero-order valence-corrected chi connectivity index (χ0v) is 13.9. The molecule has 1 aliphatic rings. The van der Waals surface area contributed by atoms with Crippen LogP contribution >= 0.6 is 27.7 Å². The van der Waals surface area contributed by atoms with E-state index in [4.69, 9.17) is 0 Å². The molecule has 106 valence electrons. The minimum absolute atomic E-state index is 0.0206. The summed E-state index contributed by atoms with van der Waals surface area (Å²) in [4.78, 5) is 12.2. The highest BCUT2D eigenvalue weighted by Gasteiger charge is 2.31. The number of hydrogen-bond donors (Lipinski definition) is 1. The van der Waals surface area contributed by atoms with Crippen molar-refractivity contribution in [3.63, 3.8) is 0 Å². The van der Waals surface area contributed by atoms with Gasteiger partial charge in [-0.05, 0) is 41.1 Å². The summed E-state index contributed by atoms with van der Waals surface area (Å²) >= 11 is 5.31. The van der Waals surface area contributed by atoms with Crippen LogP contribution in [-0.4, -0.2) is 28.0 Å². The van der Waals surface area contributed by atoms with Crippen LogP contribution in [0.4, 0.5) is 0 Å². The molecule has 0 atom stereocenters. The first-order valence-electron chi connectivity index (χ1n) is 6.71. The Morgan fingerprint density at radius 3 is 2.68 bits per heavy atom. The van der Waals surface area contributed by atoms with E-state index in [2.05, 4.69) is 27.5 Å². The third-order valence-electron chi connectivity index (χ3n) is 3.97. The van der Waals surface area contributed by atoms with Gasteiger partial charge in [0, 0.05) is 29.0 Å². The van der Waals surface area contributed by atoms with E-state index in [9.17, 15) is 4.79 Å². The maximum absolute atomic E-state index is 12.2. The Hall–Kier alpha value is -0.420. The Kier molecular flexibility index (Phi) is 5.01. The lowest BCUT2D eigenvalue weighted by Gasteiger charge is -2.35. The summed E-state index contributed by atoms with van der Waals surface area (Å²) in [5.41, 5.74) is 0.707. The Bertz CT molecular complexity index is 452. The van der Waals surface area contributed by atoms with Gasteiger partial charge in [-0.15, -0.1) is 0 Å². The second-order valence-electron chi connectivity index (χ2n) is 5.28. The van der Waals surface area contributed by atoms with Gasteiger partial charge in [-0.25, -0.2) is 0 Å². The Balaban J connectivity index is 1.97. The largest absolute Gasteiger partial charge is 0.349 e. The van der Waals surface area contributed by atoms with Crippen molar-refractivity contribution in [2.24, 2.45) is 7.05 Å². The molecule has 0 spiro atoms. The van der Waals surface area contributed by atoms with Gasteiger partial charge >= 0.3 is 0 Å². The van der Waals surface area contributed by atoms with E-state index in [-0.39, 0.29) is 10.7 Å². The quantitative estimate of drug-likeness (QED) is 0.905. The van der Waals surface area contributed by atoms with Gasteiger partial charge in [0.25, 0.3) is 5.91 Å². The minimum Gasteiger partial charge on any atom is -0.349 e. The van der Waals surface area contributed by atoms with Crippen molar-refractivity contribution in [3.05, 3.63) is 22.4 Å². The van der Waals surface area contributed by atoms with Gasteiger partial charge in [-0.3, -0.25) is 4.79 Å². The molecule has 0 radical (unpaired) electrons. The van der Waals surface area contributed by atoms with E-state index < -0.39 is 0 Å². The molecular weight excluding hydrogens is 324 g/mol. The first kappa shape index (κ1) is 15.0. The van der Waals surface area contributed by atoms with Gasteiger partial charge in [-0.2, -0.15) is 11.8 Å². The molecule has 19 heavy (non-hydrogen) atoms. The van der Waals surface area contributed by atoms with Gasteiger partial charge < -0.3 is 9.88 Å². The SMILES string of the molecule is CSC1(CNC(=O)c2cc(Br)cn2C)CCCCC1. The van der Waals surface area contributed by atoms with E-state index in [1.807, 2.05) is 35.6 Å². The summed E-state index contributed by atoms with van der Waals surface area (Å²) in [5.74, 6) is 0.0206. The molecular formula is C14H21BrN2OS. The summed E-state index contributed by atoms with van der Waals surface area (Å²) in [6.45, 7) is 0.774. The maximum Gasteiger partial charge on any atom is 0.267 e. The van der Waals surface area contributed by atoms with Gasteiger partial charge in [0.2, 0.25) is 0 Å². The molecule has 0 bridgehead atoms. The zero-order chi connectivity index (χ0) is 13.9. The third-order valence-corrected chi connectivity index (χ3v) is 5.83. The third kappa shape index (κ3) is 3.57. The lowest BCUT2D eigenvalue weighted by Crippen LogP contribution is -2.42. The molecule has 5 heteroatoms. The van der Waals surface area contributed by atoms with E-state index in [1.54, 1.807) is 0 Å². The van der Waals surface area contributed by atoms with Gasteiger partial charge in [0.15, 0.2) is 0 Å². The predicted molar refractivity (Wildman–Crippen MR) is 84.8 cm³/mol. The molecule has 1 aromatic heterocycles. The van der Waals surface area contributed by atoms with Crippen LogP contribution in [0.15, 0.2) is 16.7 Å². The van der Waals surface area contributed by atoms with Crippen molar-refractivity contribution >= 4 is 33.6 Å². The number of thioether (sulfide) groups is 1. The van der Waals surface area contributed by atoms with Crippen molar-refractivity contribution in [3.8, 4) is 0 Å². The summed E-state index contributed by atoms with van der Waals surface area (Å²) in [7, 11) is 1.89. The second-order valence-corrected chi connectivity index (χ2v) is 7.47. The van der Waals surface area contributed by atoms with Crippen LogP contribution in [0.5, 0.6) is 0 Å². The normalized spacial score (nSPS) is 18.3. The van der Waals surface area contributed by atoms with Crippen LogP contribution in [0.2, 0.25) is 0 Å². The van der Waals surface area contributed by atoms with Gasteiger partial charge in [-0.1, -0.05) is 19.3 Å². The predicted octanol–water partition coefficient (Wildman–Crippen LogP) is 3.58. The van der Waals surface area contributed by atoms with E-state index >= 15 is 0 Å². The fraction of sp³-hybridized carbons (Fsp3) is 0.643. The number of aryl methyl sites for hydroxylation is 1. The van der Waals surface area contributed by atoms with Crippen molar-refractivity contribution < 1.29 is 4.79 Å². The summed E-state index contributed by atoms with van der Waals surface area (Å²) in [6, 6.07) is 1.86. The molecule has 1 aliphatic carbocycles. The monoisotopic (exact) mass is 344 g/mol. The average Bonchev–Trinajstić information content (AvgIpc) is 2.76. The fourth-order valence-corrected chi connectivity index (χ4v) is 4.17. The number of amides is 1. The van der Waals surface area contributed by atoms with E-state index in [0.717, 1.165) is 11.0 Å². The van der Waals surface area contributed by atoms with Crippen molar-refractivity contribution in [2.75, 3.05) is 12.8 Å². The van der Waals surface area contributed by atoms with Crippen molar-refractivity contribution in [1.29, 1.82) is 0 Å². The zero-order valence-electron chi connectivity index (χ0n) is 11.5. The number of nitrogens with zero attached hydrogens (tertiary/aromatic N) is 1. The molecule has 0 aliphatic heterocycles. The van der Waals surface area contributed by atoms with Gasteiger partial charge in [0.05, 0.1) is 0 Å². The summed E-state index contributed by atoms with van der Waals surface area (Å²) in [5, 5.41) is 3.11. The molecule has 1 fully saturated rings. The number of carbonyl (C=O) groups is 1. The van der Waals surface area contributed by atoms with Crippen molar-refractivity contribution in [2.45, 2.75) is 36.9 Å². The van der Waals surface area contributed by atoms with Crippen LogP contribution in [0.3, 0.4) is 0 Å². The summed E-state index contributed by atoms with van der Waals surface area (Å²) < 4.78 is 3.04. The highest BCUT2D eigenvalue weighted by molar-refractivity contribution is 9.10. The van der Waals surface area contributed by atoms with Crippen LogP contribution in [0.25, 0.3) is 0 Å². The number of rotatable bonds is 4. The Labute approximate surface area is 127 Å². The second kappa shape index (κ2) is 6.35. The number of hydrogen-bond acceptors (Lipinski definition) is 2. The lowest BCUT2D eigenvalue weighted by atomic mass is 9.88. The Morgan fingerprint density at radius 2 is 2.16 bits per heavy atom. The topological polar surface area (TPSA) is 34.0 Å². The molecule has 0 aromatic carbocycles. The number of aromatic nitrogens is 1. The lowest BCUT2D eigenvalue weighted by molar-refractivity contribution is 0.0939. The van der Waals surface area contributed by atoms with Crippen LogP contribution in [-0.2, 0) is 7.05 Å². The number of halogens is 1. The first-order chi connectivity index (χ1) is 9.06.